The molecule has 30 heavy (non-hydrogen) atoms. The largest absolute Gasteiger partial charge is 0.391 e. The molecule has 0 aliphatic rings. The van der Waals surface area contributed by atoms with Crippen LogP contribution < -0.4 is 11.2 Å². The lowest BCUT2D eigenvalue weighted by Crippen LogP contribution is -2.17. The van der Waals surface area contributed by atoms with Crippen LogP contribution in [-0.2, 0) is 0 Å². The Morgan fingerprint density at radius 1 is 1.30 bits per heavy atom. The number of nitriles is 1. The van der Waals surface area contributed by atoms with Crippen molar-refractivity contribution in [3.8, 4) is 11.9 Å². The van der Waals surface area contributed by atoms with E-state index in [1.54, 1.807) is 30.1 Å². The first kappa shape index (κ1) is 20.9. The number of nitrogens with one attached hydrogen (secondary N) is 1. The van der Waals surface area contributed by atoms with Crippen molar-refractivity contribution in [2.45, 2.75) is 32.9 Å². The number of anilines is 1. The quantitative estimate of drug-likeness (QED) is 0.307. The number of pyridine rings is 2. The standard InChI is InChI=1S/C20H23N9O/c1-12(2)27-17-5-19(24-10-16(17)18(28-22)11-23-7-13(3)30)29-20-15(9-26-29)4-14(6-21)8-25-20/h4-5,8-13,30H,7,22H2,1-3H3,(H,24,27). The molecule has 3 heterocycles. The van der Waals surface area contributed by atoms with E-state index in [9.17, 15) is 5.11 Å². The molecule has 0 spiro atoms. The van der Waals surface area contributed by atoms with Gasteiger partial charge in [-0.3, -0.25) is 4.99 Å². The molecule has 1 atom stereocenters. The number of rotatable bonds is 7. The van der Waals surface area contributed by atoms with Gasteiger partial charge in [0.2, 0.25) is 0 Å². The predicted molar refractivity (Wildman–Crippen MR) is 116 cm³/mol. The molecule has 0 aliphatic heterocycles. The molecular formula is C20H23N9O. The van der Waals surface area contributed by atoms with Gasteiger partial charge in [0.1, 0.15) is 11.8 Å². The Kier molecular flexibility index (Phi) is 6.34. The van der Waals surface area contributed by atoms with Crippen LogP contribution in [0.15, 0.2) is 40.8 Å². The summed E-state index contributed by atoms with van der Waals surface area (Å²) in [5.74, 6) is 6.13. The number of hydrogen-bond donors (Lipinski definition) is 3. The van der Waals surface area contributed by atoms with Gasteiger partial charge in [0.05, 0.1) is 24.4 Å². The van der Waals surface area contributed by atoms with E-state index in [0.29, 0.717) is 28.3 Å². The van der Waals surface area contributed by atoms with Gasteiger partial charge < -0.3 is 16.3 Å². The molecule has 0 amide bonds. The van der Waals surface area contributed by atoms with E-state index in [2.05, 4.69) is 36.5 Å². The Bertz CT molecular complexity index is 1140. The minimum atomic E-state index is -0.559. The van der Waals surface area contributed by atoms with Gasteiger partial charge in [-0.15, -0.1) is 0 Å². The van der Waals surface area contributed by atoms with Crippen LogP contribution in [-0.4, -0.2) is 55.5 Å². The van der Waals surface area contributed by atoms with E-state index < -0.39 is 6.10 Å². The van der Waals surface area contributed by atoms with E-state index in [1.807, 2.05) is 19.9 Å². The van der Waals surface area contributed by atoms with E-state index in [-0.39, 0.29) is 12.6 Å². The SMILES string of the molecule is CC(O)CN=CC(=NN)c1cnc(-n2ncc3cc(C#N)cnc32)cc1NC(C)C. The third-order valence-corrected chi connectivity index (χ3v) is 4.09. The van der Waals surface area contributed by atoms with E-state index in [1.165, 1.54) is 12.4 Å². The van der Waals surface area contributed by atoms with Gasteiger partial charge in [0.25, 0.3) is 0 Å². The van der Waals surface area contributed by atoms with Crippen LogP contribution in [0.1, 0.15) is 31.9 Å². The van der Waals surface area contributed by atoms with Crippen LogP contribution in [0.4, 0.5) is 5.69 Å². The average molecular weight is 405 g/mol. The van der Waals surface area contributed by atoms with Crippen molar-refractivity contribution >= 4 is 28.6 Å². The molecule has 3 rings (SSSR count). The summed E-state index contributed by atoms with van der Waals surface area (Å²) in [5, 5.41) is 30.8. The smallest absolute Gasteiger partial charge is 0.164 e. The highest BCUT2D eigenvalue weighted by Crippen LogP contribution is 2.22. The van der Waals surface area contributed by atoms with Gasteiger partial charge in [-0.05, 0) is 26.8 Å². The highest BCUT2D eigenvalue weighted by Gasteiger charge is 2.15. The van der Waals surface area contributed by atoms with E-state index in [4.69, 9.17) is 11.1 Å². The molecule has 1 unspecified atom stereocenters. The summed E-state index contributed by atoms with van der Waals surface area (Å²) in [6, 6.07) is 5.76. The Balaban J connectivity index is 2.05. The lowest BCUT2D eigenvalue weighted by molar-refractivity contribution is 0.204. The van der Waals surface area contributed by atoms with Gasteiger partial charge in [-0.2, -0.15) is 20.1 Å². The number of hydrogen-bond acceptors (Lipinski definition) is 9. The molecule has 0 saturated heterocycles. The van der Waals surface area contributed by atoms with Gasteiger partial charge in [-0.25, -0.2) is 9.97 Å². The minimum absolute atomic E-state index is 0.137. The normalized spacial score (nSPS) is 13.1. The first-order valence-corrected chi connectivity index (χ1v) is 9.40. The summed E-state index contributed by atoms with van der Waals surface area (Å²) in [6.45, 7) is 5.92. The predicted octanol–water partition coefficient (Wildman–Crippen LogP) is 1.62. The number of aromatic nitrogens is 4. The van der Waals surface area contributed by atoms with Gasteiger partial charge in [0.15, 0.2) is 11.5 Å². The molecule has 0 aliphatic carbocycles. The Labute approximate surface area is 173 Å². The highest BCUT2D eigenvalue weighted by atomic mass is 16.3. The van der Waals surface area contributed by atoms with Crippen molar-refractivity contribution < 1.29 is 5.11 Å². The topological polar surface area (TPSA) is 150 Å². The third-order valence-electron chi connectivity index (χ3n) is 4.09. The lowest BCUT2D eigenvalue weighted by Gasteiger charge is -2.15. The second kappa shape index (κ2) is 9.11. The van der Waals surface area contributed by atoms with Gasteiger partial charge >= 0.3 is 0 Å². The molecule has 0 bridgehead atoms. The zero-order chi connectivity index (χ0) is 21.7. The number of aliphatic hydroxyl groups excluding tert-OH is 1. The molecule has 10 heteroatoms. The zero-order valence-electron chi connectivity index (χ0n) is 17.0. The Morgan fingerprint density at radius 3 is 2.77 bits per heavy atom. The molecule has 0 radical (unpaired) electrons. The van der Waals surface area contributed by atoms with Crippen LogP contribution in [0.5, 0.6) is 0 Å². The van der Waals surface area contributed by atoms with Crippen LogP contribution in [0.2, 0.25) is 0 Å². The average Bonchev–Trinajstić information content (AvgIpc) is 3.14. The maximum atomic E-state index is 9.40. The molecule has 10 nitrogen and oxygen atoms in total. The fourth-order valence-corrected chi connectivity index (χ4v) is 2.81. The number of fused-ring (bicyclic) bond motifs is 1. The van der Waals surface area contributed by atoms with Crippen LogP contribution in [0, 0.1) is 11.3 Å². The van der Waals surface area contributed by atoms with Crippen molar-refractivity contribution in [1.29, 1.82) is 5.26 Å². The van der Waals surface area contributed by atoms with Crippen molar-refractivity contribution in [1.82, 2.24) is 19.7 Å². The molecule has 154 valence electrons. The van der Waals surface area contributed by atoms with Gasteiger partial charge in [-0.1, -0.05) is 0 Å². The van der Waals surface area contributed by atoms with Crippen molar-refractivity contribution in [2.75, 3.05) is 11.9 Å². The monoisotopic (exact) mass is 405 g/mol. The Morgan fingerprint density at radius 2 is 2.10 bits per heavy atom. The van der Waals surface area contributed by atoms with Crippen molar-refractivity contribution in [2.24, 2.45) is 15.9 Å². The molecule has 4 N–H and O–H groups in total. The fraction of sp³-hybridized carbons (Fsp3) is 0.300. The van der Waals surface area contributed by atoms with Crippen molar-refractivity contribution in [3.05, 3.63) is 41.9 Å². The number of nitrogens with two attached hydrogens (primary N) is 1. The summed E-state index contributed by atoms with van der Waals surface area (Å²) in [4.78, 5) is 13.0. The first-order valence-electron chi connectivity index (χ1n) is 9.40. The molecular weight excluding hydrogens is 382 g/mol. The van der Waals surface area contributed by atoms with Crippen molar-refractivity contribution in [3.63, 3.8) is 0 Å². The number of aliphatic imine (C=N–C) groups is 1. The maximum Gasteiger partial charge on any atom is 0.164 e. The zero-order valence-corrected chi connectivity index (χ0v) is 17.0. The first-order chi connectivity index (χ1) is 14.4. The summed E-state index contributed by atoms with van der Waals surface area (Å²) in [7, 11) is 0. The third kappa shape index (κ3) is 4.59. The molecule has 3 aromatic rings. The lowest BCUT2D eigenvalue weighted by atomic mass is 10.1. The molecule has 0 aromatic carbocycles. The minimum Gasteiger partial charge on any atom is -0.391 e. The summed E-state index contributed by atoms with van der Waals surface area (Å²) >= 11 is 0. The summed E-state index contributed by atoms with van der Waals surface area (Å²) in [5.41, 5.74) is 2.91. The molecule has 0 fully saturated rings. The Hall–Kier alpha value is -3.84. The highest BCUT2D eigenvalue weighted by molar-refractivity contribution is 6.39. The summed E-state index contributed by atoms with van der Waals surface area (Å²) in [6.07, 6.45) is 5.74. The van der Waals surface area contributed by atoms with E-state index in [0.717, 1.165) is 11.1 Å². The van der Waals surface area contributed by atoms with Crippen LogP contribution in [0.3, 0.4) is 0 Å². The number of nitrogens with zero attached hydrogens (tertiary/aromatic N) is 7. The molecule has 3 aromatic heterocycles. The van der Waals surface area contributed by atoms with Gasteiger partial charge in [0, 0.05) is 47.4 Å². The number of aliphatic hydroxyl groups is 1. The fourth-order valence-electron chi connectivity index (χ4n) is 2.81. The number of hydrazone groups is 1. The van der Waals surface area contributed by atoms with Crippen LogP contribution in [0.25, 0.3) is 16.9 Å². The van der Waals surface area contributed by atoms with Crippen LogP contribution >= 0.6 is 0 Å². The second-order valence-electron chi connectivity index (χ2n) is 7.05. The second-order valence-corrected chi connectivity index (χ2v) is 7.05. The molecule has 0 saturated carbocycles. The maximum absolute atomic E-state index is 9.40. The van der Waals surface area contributed by atoms with E-state index >= 15 is 0 Å². The summed E-state index contributed by atoms with van der Waals surface area (Å²) < 4.78 is 1.60.